The topological polar surface area (TPSA) is 44.1 Å². The normalized spacial score (nSPS) is 22.9. The van der Waals surface area contributed by atoms with E-state index in [-0.39, 0.29) is 17.9 Å². The second-order valence-electron chi connectivity index (χ2n) is 5.87. The average molecular weight is 248 g/mol. The van der Waals surface area contributed by atoms with Crippen LogP contribution in [0.25, 0.3) is 0 Å². The lowest BCUT2D eigenvalue weighted by Gasteiger charge is -2.36. The van der Waals surface area contributed by atoms with Gasteiger partial charge in [-0.1, -0.05) is 32.6 Å². The zero-order valence-electron chi connectivity index (χ0n) is 11.5. The van der Waals surface area contributed by atoms with Crippen LogP contribution in [0, 0.1) is 16.7 Å². The van der Waals surface area contributed by atoms with Crippen LogP contribution < -0.4 is 0 Å². The molecule has 0 aromatic carbocycles. The van der Waals surface area contributed by atoms with Crippen LogP contribution in [0.4, 0.5) is 0 Å². The van der Waals surface area contributed by atoms with Gasteiger partial charge in [0.2, 0.25) is 5.91 Å². The van der Waals surface area contributed by atoms with Gasteiger partial charge in [-0.3, -0.25) is 4.79 Å². The van der Waals surface area contributed by atoms with E-state index in [9.17, 15) is 4.79 Å². The van der Waals surface area contributed by atoms with Gasteiger partial charge in [0.15, 0.2) is 0 Å². The molecule has 0 N–H and O–H groups in total. The second kappa shape index (κ2) is 5.73. The molecule has 18 heavy (non-hydrogen) atoms. The van der Waals surface area contributed by atoms with E-state index in [0.29, 0.717) is 6.04 Å². The Morgan fingerprint density at radius 2 is 1.89 bits per heavy atom. The summed E-state index contributed by atoms with van der Waals surface area (Å²) in [6, 6.07) is 2.53. The second-order valence-corrected chi connectivity index (χ2v) is 5.87. The third kappa shape index (κ3) is 2.39. The van der Waals surface area contributed by atoms with Gasteiger partial charge in [0.25, 0.3) is 0 Å². The van der Waals surface area contributed by atoms with E-state index in [2.05, 4.69) is 13.0 Å². The fourth-order valence-corrected chi connectivity index (χ4v) is 3.73. The van der Waals surface area contributed by atoms with Gasteiger partial charge in [-0.2, -0.15) is 5.26 Å². The van der Waals surface area contributed by atoms with Crippen LogP contribution in [0.5, 0.6) is 0 Å². The van der Waals surface area contributed by atoms with Crippen molar-refractivity contribution in [2.75, 3.05) is 6.54 Å². The molecule has 0 aromatic rings. The highest BCUT2D eigenvalue weighted by molar-refractivity contribution is 5.83. The maximum absolute atomic E-state index is 12.9. The number of carbonyl (C=O) groups is 1. The Labute approximate surface area is 110 Å². The number of hydrogen-bond donors (Lipinski definition) is 0. The molecule has 0 saturated heterocycles. The minimum Gasteiger partial charge on any atom is -0.326 e. The van der Waals surface area contributed by atoms with E-state index in [1.165, 1.54) is 25.7 Å². The van der Waals surface area contributed by atoms with Crippen molar-refractivity contribution in [3.8, 4) is 6.07 Å². The van der Waals surface area contributed by atoms with Gasteiger partial charge in [-0.25, -0.2) is 0 Å². The van der Waals surface area contributed by atoms with Gasteiger partial charge in [0, 0.05) is 11.5 Å². The smallest absolute Gasteiger partial charge is 0.229 e. The molecule has 2 fully saturated rings. The van der Waals surface area contributed by atoms with Crippen LogP contribution in [0.1, 0.15) is 64.7 Å². The van der Waals surface area contributed by atoms with Crippen molar-refractivity contribution in [1.29, 1.82) is 5.26 Å². The number of nitriles is 1. The van der Waals surface area contributed by atoms with Gasteiger partial charge in [-0.15, -0.1) is 0 Å². The molecule has 0 aliphatic heterocycles. The molecule has 0 radical (unpaired) electrons. The van der Waals surface area contributed by atoms with E-state index in [1.807, 2.05) is 4.90 Å². The van der Waals surface area contributed by atoms with Crippen molar-refractivity contribution in [2.45, 2.75) is 70.8 Å². The molecule has 100 valence electrons. The SMILES string of the molecule is CCC1(C(=O)N(CC#N)C2CCCC2)CCCC1. The van der Waals surface area contributed by atoms with Crippen molar-refractivity contribution in [3.05, 3.63) is 0 Å². The predicted molar refractivity (Wildman–Crippen MR) is 70.8 cm³/mol. The number of hydrogen-bond acceptors (Lipinski definition) is 2. The molecule has 2 saturated carbocycles. The third-order valence-electron chi connectivity index (χ3n) is 4.96. The average Bonchev–Trinajstić information content (AvgIpc) is 3.06. The van der Waals surface area contributed by atoms with Crippen LogP contribution >= 0.6 is 0 Å². The maximum Gasteiger partial charge on any atom is 0.229 e. The Bertz CT molecular complexity index is 333. The highest BCUT2D eigenvalue weighted by Gasteiger charge is 2.43. The number of amides is 1. The summed E-state index contributed by atoms with van der Waals surface area (Å²) >= 11 is 0. The molecule has 2 aliphatic rings. The Kier molecular flexibility index (Phi) is 4.27. The summed E-state index contributed by atoms with van der Waals surface area (Å²) < 4.78 is 0. The molecule has 0 heterocycles. The maximum atomic E-state index is 12.9. The van der Waals surface area contributed by atoms with Crippen molar-refractivity contribution in [3.63, 3.8) is 0 Å². The summed E-state index contributed by atoms with van der Waals surface area (Å²) in [6.45, 7) is 2.41. The van der Waals surface area contributed by atoms with Gasteiger partial charge in [-0.05, 0) is 32.1 Å². The van der Waals surface area contributed by atoms with Crippen LogP contribution in [-0.2, 0) is 4.79 Å². The van der Waals surface area contributed by atoms with Crippen molar-refractivity contribution < 1.29 is 4.79 Å². The fourth-order valence-electron chi connectivity index (χ4n) is 3.73. The van der Waals surface area contributed by atoms with E-state index < -0.39 is 0 Å². The molecule has 0 atom stereocenters. The third-order valence-corrected chi connectivity index (χ3v) is 4.96. The molecule has 0 aromatic heterocycles. The van der Waals surface area contributed by atoms with Gasteiger partial charge >= 0.3 is 0 Å². The van der Waals surface area contributed by atoms with E-state index in [0.717, 1.165) is 32.1 Å². The van der Waals surface area contributed by atoms with E-state index in [4.69, 9.17) is 5.26 Å². The summed E-state index contributed by atoms with van der Waals surface area (Å²) in [7, 11) is 0. The lowest BCUT2D eigenvalue weighted by Crippen LogP contribution is -2.47. The number of carbonyl (C=O) groups excluding carboxylic acids is 1. The van der Waals surface area contributed by atoms with Crippen LogP contribution in [-0.4, -0.2) is 23.4 Å². The molecule has 2 aliphatic carbocycles. The molecule has 0 bridgehead atoms. The number of nitrogens with zero attached hydrogens (tertiary/aromatic N) is 2. The Balaban J connectivity index is 2.14. The molecule has 3 heteroatoms. The van der Waals surface area contributed by atoms with Crippen LogP contribution in [0.3, 0.4) is 0 Å². The van der Waals surface area contributed by atoms with Crippen LogP contribution in [0.2, 0.25) is 0 Å². The quantitative estimate of drug-likeness (QED) is 0.717. The molecule has 1 amide bonds. The Morgan fingerprint density at radius 3 is 2.39 bits per heavy atom. The fraction of sp³-hybridized carbons (Fsp3) is 0.867. The molecule has 3 nitrogen and oxygen atoms in total. The first-order chi connectivity index (χ1) is 8.73. The highest BCUT2D eigenvalue weighted by atomic mass is 16.2. The summed E-state index contributed by atoms with van der Waals surface area (Å²) in [5.41, 5.74) is -0.139. The predicted octanol–water partition coefficient (Wildman–Crippen LogP) is 3.25. The molecular formula is C15H24N2O. The first kappa shape index (κ1) is 13.4. The summed E-state index contributed by atoms with van der Waals surface area (Å²) in [4.78, 5) is 14.8. The van der Waals surface area contributed by atoms with Gasteiger partial charge < -0.3 is 4.90 Å². The molecule has 2 rings (SSSR count). The molecule has 0 unspecified atom stereocenters. The first-order valence-corrected chi connectivity index (χ1v) is 7.41. The highest BCUT2D eigenvalue weighted by Crippen LogP contribution is 2.43. The monoisotopic (exact) mass is 248 g/mol. The van der Waals surface area contributed by atoms with Crippen molar-refractivity contribution in [2.24, 2.45) is 5.41 Å². The Morgan fingerprint density at radius 1 is 1.28 bits per heavy atom. The molecule has 0 spiro atoms. The van der Waals surface area contributed by atoms with Crippen LogP contribution in [0.15, 0.2) is 0 Å². The van der Waals surface area contributed by atoms with Gasteiger partial charge in [0.1, 0.15) is 6.54 Å². The number of rotatable bonds is 4. The zero-order valence-corrected chi connectivity index (χ0v) is 11.5. The lowest BCUT2D eigenvalue weighted by molar-refractivity contribution is -0.143. The first-order valence-electron chi connectivity index (χ1n) is 7.41. The molecular weight excluding hydrogens is 224 g/mol. The largest absolute Gasteiger partial charge is 0.326 e. The minimum absolute atomic E-state index is 0.139. The summed E-state index contributed by atoms with van der Waals surface area (Å²) in [5, 5.41) is 9.00. The summed E-state index contributed by atoms with van der Waals surface area (Å²) in [6.07, 6.45) is 9.92. The van der Waals surface area contributed by atoms with Gasteiger partial charge in [0.05, 0.1) is 6.07 Å². The van der Waals surface area contributed by atoms with E-state index in [1.54, 1.807) is 0 Å². The van der Waals surface area contributed by atoms with E-state index >= 15 is 0 Å². The minimum atomic E-state index is -0.139. The summed E-state index contributed by atoms with van der Waals surface area (Å²) in [5.74, 6) is 0.274. The van der Waals surface area contributed by atoms with Crippen molar-refractivity contribution in [1.82, 2.24) is 4.90 Å². The lowest BCUT2D eigenvalue weighted by atomic mass is 9.81. The standard InChI is InChI=1S/C15H24N2O/c1-2-15(9-5-6-10-15)14(18)17(12-11-16)13-7-3-4-8-13/h13H,2-10,12H2,1H3. The Hall–Kier alpha value is -1.04. The van der Waals surface area contributed by atoms with Crippen molar-refractivity contribution >= 4 is 5.91 Å². The zero-order chi connectivity index (χ0) is 13.0.